The molecule has 0 saturated carbocycles. The molecule has 2 aliphatic rings. The smallest absolute Gasteiger partial charge is 0.254 e. The van der Waals surface area contributed by atoms with Crippen molar-refractivity contribution in [3.05, 3.63) is 83.7 Å². The van der Waals surface area contributed by atoms with Crippen molar-refractivity contribution in [2.75, 3.05) is 13.1 Å². The number of likely N-dealkylation sites (tertiary alicyclic amines) is 1. The first-order chi connectivity index (χ1) is 15.0. The molecule has 0 unspecified atom stereocenters. The van der Waals surface area contributed by atoms with Gasteiger partial charge in [0, 0.05) is 25.2 Å². The summed E-state index contributed by atoms with van der Waals surface area (Å²) >= 11 is 0. The predicted octanol–water partition coefficient (Wildman–Crippen LogP) is 4.12. The van der Waals surface area contributed by atoms with Crippen LogP contribution in [0.1, 0.15) is 15.9 Å². The van der Waals surface area contributed by atoms with E-state index < -0.39 is 0 Å². The summed E-state index contributed by atoms with van der Waals surface area (Å²) < 4.78 is 0. The fourth-order valence-corrected chi connectivity index (χ4v) is 4.45. The largest absolute Gasteiger partial charge is 0.508 e. The van der Waals surface area contributed by atoms with Crippen molar-refractivity contribution in [3.63, 3.8) is 0 Å². The van der Waals surface area contributed by atoms with Crippen molar-refractivity contribution < 1.29 is 14.7 Å². The molecule has 0 bridgehead atoms. The highest BCUT2D eigenvalue weighted by molar-refractivity contribution is 6.05. The van der Waals surface area contributed by atoms with Gasteiger partial charge in [-0.1, -0.05) is 43.0 Å². The zero-order valence-electron chi connectivity index (χ0n) is 16.7. The van der Waals surface area contributed by atoms with Gasteiger partial charge in [0.25, 0.3) is 5.91 Å². The van der Waals surface area contributed by atoms with E-state index in [-0.39, 0.29) is 23.6 Å². The third-order valence-electron chi connectivity index (χ3n) is 6.10. The number of hydrogen-bond donors (Lipinski definition) is 1. The first kappa shape index (κ1) is 18.9. The Labute approximate surface area is 179 Å². The number of amides is 2. The van der Waals surface area contributed by atoms with E-state index in [0.717, 1.165) is 21.9 Å². The molecule has 0 radical (unpaired) electrons. The van der Waals surface area contributed by atoms with Gasteiger partial charge in [0.1, 0.15) is 5.75 Å². The van der Waals surface area contributed by atoms with Crippen LogP contribution in [0.2, 0.25) is 0 Å². The summed E-state index contributed by atoms with van der Waals surface area (Å²) in [4.78, 5) is 32.0. The maximum atomic E-state index is 13.2. The number of nitrogens with zero attached hydrogens (tertiary/aromatic N) is 3. The molecule has 6 nitrogen and oxygen atoms in total. The fraction of sp³-hybridized carbons (Fsp3) is 0.160. The Morgan fingerprint density at radius 1 is 1.13 bits per heavy atom. The zero-order chi connectivity index (χ0) is 21.7. The van der Waals surface area contributed by atoms with Gasteiger partial charge >= 0.3 is 0 Å². The van der Waals surface area contributed by atoms with Gasteiger partial charge < -0.3 is 14.9 Å². The quantitative estimate of drug-likeness (QED) is 0.523. The fourth-order valence-electron chi connectivity index (χ4n) is 4.45. The molecule has 0 aliphatic carbocycles. The maximum absolute atomic E-state index is 13.2. The second-order valence-electron chi connectivity index (χ2n) is 7.89. The Hall–Kier alpha value is -4.11. The molecule has 2 amide bonds. The lowest BCUT2D eigenvalue weighted by Gasteiger charge is -2.43. The minimum absolute atomic E-state index is 0.0368. The average molecular weight is 409 g/mol. The van der Waals surface area contributed by atoms with Crippen LogP contribution in [0, 0.1) is 6.57 Å². The number of fused-ring (bicyclic) bond motifs is 2. The predicted molar refractivity (Wildman–Crippen MR) is 118 cm³/mol. The summed E-state index contributed by atoms with van der Waals surface area (Å²) in [7, 11) is 0. The van der Waals surface area contributed by atoms with Crippen LogP contribution in [0.15, 0.2) is 61.2 Å². The highest BCUT2D eigenvalue weighted by Crippen LogP contribution is 2.41. The Morgan fingerprint density at radius 3 is 2.65 bits per heavy atom. The molecule has 1 N–H and O–H groups in total. The highest BCUT2D eigenvalue weighted by Gasteiger charge is 2.40. The van der Waals surface area contributed by atoms with Gasteiger partial charge in [0.2, 0.25) is 5.91 Å². The SMILES string of the molecule is [C-]#[N+]c1cc2c(cc1-c1cc(O)cc3ccccc13)C(=O)N(C1CN(C(=O)C=C)C1)C2. The van der Waals surface area contributed by atoms with Crippen molar-refractivity contribution in [1.82, 2.24) is 9.80 Å². The number of phenols is 1. The van der Waals surface area contributed by atoms with E-state index >= 15 is 0 Å². The van der Waals surface area contributed by atoms with E-state index in [0.29, 0.717) is 36.4 Å². The normalized spacial score (nSPS) is 15.5. The third-order valence-corrected chi connectivity index (χ3v) is 6.10. The van der Waals surface area contributed by atoms with Gasteiger partial charge in [-0.05, 0) is 45.7 Å². The number of benzene rings is 3. The lowest BCUT2D eigenvalue weighted by Crippen LogP contribution is -2.60. The standard InChI is InChI=1S/C25H19N3O3/c1-3-24(30)27-13-17(14-27)28-12-16-9-23(26-2)22(11-20(16)25(28)31)21-10-18(29)8-15-6-4-5-7-19(15)21/h3-11,17,29H,1,12-14H2. The second kappa shape index (κ2) is 6.99. The lowest BCUT2D eigenvalue weighted by molar-refractivity contribution is -0.132. The average Bonchev–Trinajstić information content (AvgIpc) is 3.06. The number of carbonyl (C=O) groups excluding carboxylic acids is 2. The van der Waals surface area contributed by atoms with Gasteiger partial charge in [0.05, 0.1) is 12.6 Å². The molecule has 2 heterocycles. The lowest BCUT2D eigenvalue weighted by atomic mass is 9.94. The van der Waals surface area contributed by atoms with Gasteiger partial charge in [0.15, 0.2) is 5.69 Å². The van der Waals surface area contributed by atoms with Crippen LogP contribution >= 0.6 is 0 Å². The Bertz CT molecular complexity index is 1320. The van der Waals surface area contributed by atoms with Gasteiger partial charge in [-0.25, -0.2) is 4.85 Å². The van der Waals surface area contributed by atoms with Crippen molar-refractivity contribution in [1.29, 1.82) is 0 Å². The second-order valence-corrected chi connectivity index (χ2v) is 7.89. The molecule has 2 aliphatic heterocycles. The molecule has 152 valence electrons. The van der Waals surface area contributed by atoms with Crippen LogP contribution in [0.25, 0.3) is 26.7 Å². The van der Waals surface area contributed by atoms with Crippen LogP contribution in [0.5, 0.6) is 5.75 Å². The molecule has 0 aromatic heterocycles. The summed E-state index contributed by atoms with van der Waals surface area (Å²) in [6.07, 6.45) is 1.28. The van der Waals surface area contributed by atoms with Crippen LogP contribution in [-0.4, -0.2) is 45.9 Å². The van der Waals surface area contributed by atoms with Crippen LogP contribution in [0.3, 0.4) is 0 Å². The summed E-state index contributed by atoms with van der Waals surface area (Å²) in [6, 6.07) is 14.5. The number of carbonyl (C=O) groups is 2. The molecule has 3 aromatic rings. The summed E-state index contributed by atoms with van der Waals surface area (Å²) in [6.45, 7) is 12.6. The van der Waals surface area contributed by atoms with Crippen molar-refractivity contribution in [2.45, 2.75) is 12.6 Å². The minimum atomic E-state index is -0.131. The van der Waals surface area contributed by atoms with E-state index in [9.17, 15) is 14.7 Å². The van der Waals surface area contributed by atoms with E-state index in [1.807, 2.05) is 24.3 Å². The molecule has 1 saturated heterocycles. The molecular weight excluding hydrogens is 390 g/mol. The molecule has 3 aromatic carbocycles. The molecule has 31 heavy (non-hydrogen) atoms. The minimum Gasteiger partial charge on any atom is -0.508 e. The van der Waals surface area contributed by atoms with Crippen molar-refractivity contribution in [2.24, 2.45) is 0 Å². The first-order valence-electron chi connectivity index (χ1n) is 9.99. The van der Waals surface area contributed by atoms with Gasteiger partial charge in [-0.2, -0.15) is 0 Å². The third kappa shape index (κ3) is 2.94. The van der Waals surface area contributed by atoms with E-state index in [4.69, 9.17) is 6.57 Å². The van der Waals surface area contributed by atoms with Crippen LogP contribution in [-0.2, 0) is 11.3 Å². The molecule has 0 atom stereocenters. The Morgan fingerprint density at radius 2 is 1.90 bits per heavy atom. The monoisotopic (exact) mass is 409 g/mol. The number of hydrogen-bond acceptors (Lipinski definition) is 3. The Kier molecular flexibility index (Phi) is 4.26. The van der Waals surface area contributed by atoms with Crippen LogP contribution < -0.4 is 0 Å². The molecule has 6 heteroatoms. The molecule has 1 fully saturated rings. The summed E-state index contributed by atoms with van der Waals surface area (Å²) in [5.41, 5.74) is 3.19. The highest BCUT2D eigenvalue weighted by atomic mass is 16.3. The van der Waals surface area contributed by atoms with E-state index in [2.05, 4.69) is 11.4 Å². The number of aromatic hydroxyl groups is 1. The summed E-state index contributed by atoms with van der Waals surface area (Å²) in [5, 5.41) is 12.0. The molecule has 5 rings (SSSR count). The van der Waals surface area contributed by atoms with Crippen molar-refractivity contribution >= 4 is 28.3 Å². The van der Waals surface area contributed by atoms with Crippen LogP contribution in [0.4, 0.5) is 5.69 Å². The number of phenolic OH excluding ortho intramolecular Hbond substituents is 1. The van der Waals surface area contributed by atoms with E-state index in [1.165, 1.54) is 6.08 Å². The van der Waals surface area contributed by atoms with Gasteiger partial charge in [-0.3, -0.25) is 9.59 Å². The number of rotatable bonds is 3. The summed E-state index contributed by atoms with van der Waals surface area (Å²) in [5.74, 6) is -0.110. The zero-order valence-corrected chi connectivity index (χ0v) is 16.7. The Balaban J connectivity index is 1.55. The van der Waals surface area contributed by atoms with E-state index in [1.54, 1.807) is 34.1 Å². The first-order valence-corrected chi connectivity index (χ1v) is 9.99. The van der Waals surface area contributed by atoms with Gasteiger partial charge in [-0.15, -0.1) is 0 Å². The topological polar surface area (TPSA) is 65.2 Å². The van der Waals surface area contributed by atoms with Crippen molar-refractivity contribution in [3.8, 4) is 16.9 Å². The molecular formula is C25H19N3O3. The maximum Gasteiger partial charge on any atom is 0.254 e. The molecule has 0 spiro atoms.